The lowest BCUT2D eigenvalue weighted by atomic mass is 9.72. The SMILES string of the molecule is CCOC(=O)C(CN)(Cc1ccc(N)cc1)C(C)C. The molecule has 0 aromatic heterocycles. The summed E-state index contributed by atoms with van der Waals surface area (Å²) in [6.45, 7) is 6.45. The topological polar surface area (TPSA) is 78.3 Å². The van der Waals surface area contributed by atoms with Crippen LogP contribution in [-0.2, 0) is 16.0 Å². The van der Waals surface area contributed by atoms with Crippen molar-refractivity contribution < 1.29 is 9.53 Å². The number of nitrogens with two attached hydrogens (primary N) is 2. The molecule has 1 aromatic carbocycles. The number of rotatable bonds is 6. The minimum absolute atomic E-state index is 0.106. The lowest BCUT2D eigenvalue weighted by molar-refractivity contribution is -0.157. The zero-order valence-corrected chi connectivity index (χ0v) is 12.0. The standard InChI is InChI=1S/C15H24N2O2/c1-4-19-14(18)15(10-16,11(2)3)9-12-5-7-13(17)8-6-12/h5-8,11H,4,9-10,16-17H2,1-3H3. The number of hydrogen-bond donors (Lipinski definition) is 2. The predicted molar refractivity (Wildman–Crippen MR) is 77.5 cm³/mol. The summed E-state index contributed by atoms with van der Waals surface area (Å²) in [6, 6.07) is 7.53. The van der Waals surface area contributed by atoms with Gasteiger partial charge in [-0.3, -0.25) is 4.79 Å². The number of benzene rings is 1. The molecule has 0 heterocycles. The van der Waals surface area contributed by atoms with Crippen molar-refractivity contribution in [2.45, 2.75) is 27.2 Å². The van der Waals surface area contributed by atoms with Gasteiger partial charge in [-0.2, -0.15) is 0 Å². The molecular formula is C15H24N2O2. The Bertz CT molecular complexity index is 415. The van der Waals surface area contributed by atoms with Crippen molar-refractivity contribution in [1.82, 2.24) is 0 Å². The van der Waals surface area contributed by atoms with Gasteiger partial charge in [-0.15, -0.1) is 0 Å². The molecule has 106 valence electrons. The van der Waals surface area contributed by atoms with E-state index in [1.165, 1.54) is 0 Å². The average molecular weight is 264 g/mol. The fraction of sp³-hybridized carbons (Fsp3) is 0.533. The highest BCUT2D eigenvalue weighted by atomic mass is 16.5. The van der Waals surface area contributed by atoms with Crippen molar-refractivity contribution in [3.8, 4) is 0 Å². The second kappa shape index (κ2) is 6.57. The van der Waals surface area contributed by atoms with Crippen LogP contribution in [0.25, 0.3) is 0 Å². The van der Waals surface area contributed by atoms with Crippen LogP contribution < -0.4 is 11.5 Å². The number of carbonyl (C=O) groups is 1. The van der Waals surface area contributed by atoms with Crippen molar-refractivity contribution in [2.75, 3.05) is 18.9 Å². The van der Waals surface area contributed by atoms with Crippen LogP contribution in [0.15, 0.2) is 24.3 Å². The van der Waals surface area contributed by atoms with Crippen LogP contribution >= 0.6 is 0 Å². The van der Waals surface area contributed by atoms with Gasteiger partial charge in [0.15, 0.2) is 0 Å². The van der Waals surface area contributed by atoms with E-state index >= 15 is 0 Å². The minimum atomic E-state index is -0.674. The highest BCUT2D eigenvalue weighted by Gasteiger charge is 2.41. The second-order valence-electron chi connectivity index (χ2n) is 5.15. The summed E-state index contributed by atoms with van der Waals surface area (Å²) in [5, 5.41) is 0. The average Bonchev–Trinajstić information content (AvgIpc) is 2.38. The highest BCUT2D eigenvalue weighted by molar-refractivity contribution is 5.78. The number of esters is 1. The molecule has 0 spiro atoms. The largest absolute Gasteiger partial charge is 0.466 e. The first-order chi connectivity index (χ1) is 8.96. The van der Waals surface area contributed by atoms with Crippen molar-refractivity contribution in [2.24, 2.45) is 17.1 Å². The monoisotopic (exact) mass is 264 g/mol. The first kappa shape index (κ1) is 15.5. The summed E-state index contributed by atoms with van der Waals surface area (Å²) >= 11 is 0. The summed E-state index contributed by atoms with van der Waals surface area (Å²) in [4.78, 5) is 12.3. The van der Waals surface area contributed by atoms with Crippen LogP contribution in [0.5, 0.6) is 0 Å². The van der Waals surface area contributed by atoms with Gasteiger partial charge in [0.1, 0.15) is 0 Å². The van der Waals surface area contributed by atoms with Gasteiger partial charge in [0.05, 0.1) is 12.0 Å². The number of ether oxygens (including phenoxy) is 1. The molecule has 1 atom stereocenters. The predicted octanol–water partition coefficient (Wildman–Crippen LogP) is 1.98. The molecule has 19 heavy (non-hydrogen) atoms. The maximum atomic E-state index is 12.3. The molecule has 0 saturated carbocycles. The normalized spacial score (nSPS) is 14.2. The van der Waals surface area contributed by atoms with Gasteiger partial charge in [-0.25, -0.2) is 0 Å². The number of carbonyl (C=O) groups excluding carboxylic acids is 1. The number of hydrogen-bond acceptors (Lipinski definition) is 4. The molecule has 4 N–H and O–H groups in total. The minimum Gasteiger partial charge on any atom is -0.466 e. The molecule has 0 bridgehead atoms. The second-order valence-corrected chi connectivity index (χ2v) is 5.15. The molecule has 0 aliphatic heterocycles. The number of anilines is 1. The van der Waals surface area contributed by atoms with Crippen molar-refractivity contribution >= 4 is 11.7 Å². The van der Waals surface area contributed by atoms with Gasteiger partial charge in [0.25, 0.3) is 0 Å². The lowest BCUT2D eigenvalue weighted by Gasteiger charge is -2.34. The maximum absolute atomic E-state index is 12.3. The van der Waals surface area contributed by atoms with E-state index in [-0.39, 0.29) is 18.4 Å². The van der Waals surface area contributed by atoms with E-state index in [2.05, 4.69) is 0 Å². The Morgan fingerprint density at radius 1 is 1.32 bits per heavy atom. The van der Waals surface area contributed by atoms with Gasteiger partial charge in [-0.05, 0) is 37.0 Å². The first-order valence-corrected chi connectivity index (χ1v) is 6.68. The van der Waals surface area contributed by atoms with Gasteiger partial charge in [0, 0.05) is 12.2 Å². The molecular weight excluding hydrogens is 240 g/mol. The van der Waals surface area contributed by atoms with E-state index in [1.807, 2.05) is 45.0 Å². The summed E-state index contributed by atoms with van der Waals surface area (Å²) < 4.78 is 5.21. The van der Waals surface area contributed by atoms with Crippen molar-refractivity contribution in [3.05, 3.63) is 29.8 Å². The molecule has 1 aromatic rings. The summed E-state index contributed by atoms with van der Waals surface area (Å²) in [6.07, 6.45) is 0.570. The van der Waals surface area contributed by atoms with E-state index in [4.69, 9.17) is 16.2 Å². The van der Waals surface area contributed by atoms with Gasteiger partial charge >= 0.3 is 5.97 Å². The molecule has 0 fully saturated rings. The van der Waals surface area contributed by atoms with E-state index in [0.29, 0.717) is 18.7 Å². The third-order valence-corrected chi connectivity index (χ3v) is 3.65. The van der Waals surface area contributed by atoms with Gasteiger partial charge < -0.3 is 16.2 Å². The lowest BCUT2D eigenvalue weighted by Crippen LogP contribution is -2.46. The maximum Gasteiger partial charge on any atom is 0.313 e. The van der Waals surface area contributed by atoms with E-state index in [1.54, 1.807) is 0 Å². The third kappa shape index (κ3) is 3.47. The van der Waals surface area contributed by atoms with Crippen molar-refractivity contribution in [1.29, 1.82) is 0 Å². The fourth-order valence-electron chi connectivity index (χ4n) is 2.18. The molecule has 4 nitrogen and oxygen atoms in total. The highest BCUT2D eigenvalue weighted by Crippen LogP contribution is 2.32. The van der Waals surface area contributed by atoms with Crippen LogP contribution in [0.1, 0.15) is 26.3 Å². The third-order valence-electron chi connectivity index (χ3n) is 3.65. The van der Waals surface area contributed by atoms with Crippen LogP contribution in [0.2, 0.25) is 0 Å². The van der Waals surface area contributed by atoms with Crippen molar-refractivity contribution in [3.63, 3.8) is 0 Å². The van der Waals surface area contributed by atoms with E-state index in [0.717, 1.165) is 5.56 Å². The first-order valence-electron chi connectivity index (χ1n) is 6.68. The molecule has 0 amide bonds. The Hall–Kier alpha value is -1.55. The molecule has 1 rings (SSSR count). The van der Waals surface area contributed by atoms with Crippen LogP contribution in [0, 0.1) is 11.3 Å². The molecule has 0 saturated heterocycles. The summed E-state index contributed by atoms with van der Waals surface area (Å²) in [7, 11) is 0. The fourth-order valence-corrected chi connectivity index (χ4v) is 2.18. The molecule has 0 aliphatic rings. The van der Waals surface area contributed by atoms with Crippen LogP contribution in [-0.4, -0.2) is 19.1 Å². The molecule has 0 radical (unpaired) electrons. The van der Waals surface area contributed by atoms with Crippen LogP contribution in [0.3, 0.4) is 0 Å². The Balaban J connectivity index is 3.03. The zero-order chi connectivity index (χ0) is 14.5. The van der Waals surface area contributed by atoms with E-state index < -0.39 is 5.41 Å². The van der Waals surface area contributed by atoms with Gasteiger partial charge in [0.2, 0.25) is 0 Å². The van der Waals surface area contributed by atoms with Crippen LogP contribution in [0.4, 0.5) is 5.69 Å². The molecule has 0 aliphatic carbocycles. The van der Waals surface area contributed by atoms with Gasteiger partial charge in [-0.1, -0.05) is 26.0 Å². The number of nitrogen functional groups attached to an aromatic ring is 1. The Labute approximate surface area is 115 Å². The zero-order valence-electron chi connectivity index (χ0n) is 12.0. The summed E-state index contributed by atoms with van der Waals surface area (Å²) in [5.74, 6) is -0.113. The Morgan fingerprint density at radius 3 is 2.32 bits per heavy atom. The quantitative estimate of drug-likeness (QED) is 0.608. The Kier molecular flexibility index (Phi) is 5.36. The smallest absolute Gasteiger partial charge is 0.313 e. The summed E-state index contributed by atoms with van der Waals surface area (Å²) in [5.41, 5.74) is 12.6. The molecule has 1 unspecified atom stereocenters. The van der Waals surface area contributed by atoms with E-state index in [9.17, 15) is 4.79 Å². The Morgan fingerprint density at radius 2 is 1.89 bits per heavy atom. The molecule has 4 heteroatoms.